The third-order valence-electron chi connectivity index (χ3n) is 6.47. The lowest BCUT2D eigenvalue weighted by Crippen LogP contribution is -2.29. The number of non-ortho nitro benzene ring substituents is 1. The second-order valence-corrected chi connectivity index (χ2v) is 8.62. The number of nitrogens with zero attached hydrogens (tertiary/aromatic N) is 3. The van der Waals surface area contributed by atoms with Crippen LogP contribution in [0.3, 0.4) is 0 Å². The van der Waals surface area contributed by atoms with Crippen LogP contribution in [0, 0.1) is 15.9 Å². The number of aliphatic hydroxyl groups excluding tert-OH is 1. The van der Waals surface area contributed by atoms with Gasteiger partial charge in [0, 0.05) is 43.0 Å². The van der Waals surface area contributed by atoms with Crippen LogP contribution in [0.4, 0.5) is 15.8 Å². The second kappa shape index (κ2) is 10.6. The first-order chi connectivity index (χ1) is 17.7. The van der Waals surface area contributed by atoms with Crippen molar-refractivity contribution in [1.82, 2.24) is 4.90 Å². The molecule has 0 aliphatic carbocycles. The van der Waals surface area contributed by atoms with Gasteiger partial charge in [0.1, 0.15) is 11.6 Å². The summed E-state index contributed by atoms with van der Waals surface area (Å²) in [6.07, 6.45) is 0. The summed E-state index contributed by atoms with van der Waals surface area (Å²) in [7, 11) is 0. The maximum atomic E-state index is 13.5. The minimum atomic E-state index is -0.949. The Morgan fingerprint density at radius 2 is 1.68 bits per heavy atom. The average molecular weight is 504 g/mol. The number of carbonyl (C=O) groups excluding carboxylic acids is 2. The van der Waals surface area contributed by atoms with Crippen LogP contribution in [-0.4, -0.2) is 39.7 Å². The number of amides is 1. The van der Waals surface area contributed by atoms with Crippen LogP contribution in [0.5, 0.6) is 0 Å². The summed E-state index contributed by atoms with van der Waals surface area (Å²) in [5.41, 5.74) is 1.78. The number of hydrogen-bond acceptors (Lipinski definition) is 6. The molecule has 1 unspecified atom stereocenters. The predicted octanol–water partition coefficient (Wildman–Crippen LogP) is 5.20. The molecule has 1 aliphatic heterocycles. The molecule has 0 saturated carbocycles. The summed E-state index contributed by atoms with van der Waals surface area (Å²) in [6.45, 7) is 5.67. The van der Waals surface area contributed by atoms with E-state index in [9.17, 15) is 29.2 Å². The van der Waals surface area contributed by atoms with Crippen molar-refractivity contribution in [3.8, 4) is 0 Å². The molecule has 0 aromatic heterocycles. The van der Waals surface area contributed by atoms with Crippen molar-refractivity contribution in [3.63, 3.8) is 0 Å². The lowest BCUT2D eigenvalue weighted by atomic mass is 9.94. The van der Waals surface area contributed by atoms with Crippen LogP contribution < -0.4 is 4.90 Å². The molecule has 4 rings (SSSR count). The molecule has 1 amide bonds. The van der Waals surface area contributed by atoms with Gasteiger partial charge >= 0.3 is 0 Å². The summed E-state index contributed by atoms with van der Waals surface area (Å²) in [5, 5.41) is 22.4. The summed E-state index contributed by atoms with van der Waals surface area (Å²) in [4.78, 5) is 40.5. The first-order valence-corrected chi connectivity index (χ1v) is 11.9. The van der Waals surface area contributed by atoms with E-state index < -0.39 is 34.2 Å². The van der Waals surface area contributed by atoms with Crippen molar-refractivity contribution in [3.05, 3.63) is 111 Å². The number of carbonyl (C=O) groups is 2. The highest BCUT2D eigenvalue weighted by molar-refractivity contribution is 6.46. The molecule has 0 bridgehead atoms. The maximum absolute atomic E-state index is 13.5. The fourth-order valence-corrected chi connectivity index (χ4v) is 4.55. The zero-order valence-corrected chi connectivity index (χ0v) is 20.4. The van der Waals surface area contributed by atoms with E-state index in [1.807, 2.05) is 26.0 Å². The Balaban J connectivity index is 1.84. The van der Waals surface area contributed by atoms with E-state index in [1.165, 1.54) is 47.4 Å². The minimum absolute atomic E-state index is 0.000958. The first kappa shape index (κ1) is 25.6. The van der Waals surface area contributed by atoms with Gasteiger partial charge in [0.05, 0.1) is 16.5 Å². The van der Waals surface area contributed by atoms with Crippen LogP contribution in [0.25, 0.3) is 5.76 Å². The van der Waals surface area contributed by atoms with Crippen LogP contribution in [0.2, 0.25) is 0 Å². The number of nitro benzene ring substituents is 1. The van der Waals surface area contributed by atoms with E-state index in [2.05, 4.69) is 4.90 Å². The Morgan fingerprint density at radius 3 is 2.27 bits per heavy atom. The summed E-state index contributed by atoms with van der Waals surface area (Å²) in [5.74, 6) is -2.65. The van der Waals surface area contributed by atoms with Gasteiger partial charge in [-0.25, -0.2) is 4.39 Å². The molecule has 1 saturated heterocycles. The third kappa shape index (κ3) is 5.06. The van der Waals surface area contributed by atoms with Gasteiger partial charge in [0.25, 0.3) is 17.4 Å². The quantitative estimate of drug-likeness (QED) is 0.149. The Morgan fingerprint density at radius 1 is 1.03 bits per heavy atom. The molecule has 1 fully saturated rings. The standard InChI is InChI=1S/C28H26FN3O5/c1-3-30(4-2)22-14-10-19(11-15-22)25-24(26(33)20-6-5-7-23(16-20)32(36)37)27(34)28(35)31(25)17-18-8-12-21(29)13-9-18/h5-16,25,33H,3-4,17H2,1-2H3/b26-24-. The largest absolute Gasteiger partial charge is 0.507 e. The highest BCUT2D eigenvalue weighted by atomic mass is 19.1. The number of anilines is 1. The molecular formula is C28H26FN3O5. The van der Waals surface area contributed by atoms with Gasteiger partial charge in [-0.05, 0) is 49.2 Å². The van der Waals surface area contributed by atoms with Crippen LogP contribution in [0.15, 0.2) is 78.4 Å². The maximum Gasteiger partial charge on any atom is 0.295 e. The number of rotatable bonds is 8. The fourth-order valence-electron chi connectivity index (χ4n) is 4.55. The van der Waals surface area contributed by atoms with Gasteiger partial charge in [-0.1, -0.05) is 36.4 Å². The van der Waals surface area contributed by atoms with Gasteiger partial charge in [-0.15, -0.1) is 0 Å². The molecule has 0 spiro atoms. The van der Waals surface area contributed by atoms with Crippen molar-refractivity contribution in [1.29, 1.82) is 0 Å². The highest BCUT2D eigenvalue weighted by Gasteiger charge is 2.46. The molecular weight excluding hydrogens is 477 g/mol. The lowest BCUT2D eigenvalue weighted by molar-refractivity contribution is -0.384. The number of likely N-dealkylation sites (tertiary alicyclic amines) is 1. The SMILES string of the molecule is CCN(CC)c1ccc(C2/C(=C(/O)c3cccc([N+](=O)[O-])c3)C(=O)C(=O)N2Cc2ccc(F)cc2)cc1. The van der Waals surface area contributed by atoms with Gasteiger partial charge in [-0.2, -0.15) is 0 Å². The molecule has 190 valence electrons. The fraction of sp³-hybridized carbons (Fsp3) is 0.214. The van der Waals surface area contributed by atoms with E-state index in [-0.39, 0.29) is 23.4 Å². The molecule has 1 N–H and O–H groups in total. The van der Waals surface area contributed by atoms with E-state index in [4.69, 9.17) is 0 Å². The Hall–Kier alpha value is -4.53. The second-order valence-electron chi connectivity index (χ2n) is 8.62. The van der Waals surface area contributed by atoms with Crippen molar-refractivity contribution in [2.45, 2.75) is 26.4 Å². The molecule has 37 heavy (non-hydrogen) atoms. The monoisotopic (exact) mass is 503 g/mol. The number of Topliss-reactive ketones (excluding diaryl/α,β-unsaturated/α-hetero) is 1. The zero-order chi connectivity index (χ0) is 26.7. The van der Waals surface area contributed by atoms with Gasteiger partial charge in [0.2, 0.25) is 0 Å². The third-order valence-corrected chi connectivity index (χ3v) is 6.47. The molecule has 1 atom stereocenters. The first-order valence-electron chi connectivity index (χ1n) is 11.9. The molecule has 3 aromatic carbocycles. The molecule has 3 aromatic rings. The number of halogens is 1. The van der Waals surface area contributed by atoms with Gasteiger partial charge in [0.15, 0.2) is 0 Å². The van der Waals surface area contributed by atoms with Crippen LogP contribution in [0.1, 0.15) is 36.6 Å². The Labute approximate surface area is 213 Å². The number of ketones is 1. The van der Waals surface area contributed by atoms with Gasteiger partial charge in [-0.3, -0.25) is 19.7 Å². The van der Waals surface area contributed by atoms with E-state index >= 15 is 0 Å². The minimum Gasteiger partial charge on any atom is -0.507 e. The molecule has 9 heteroatoms. The smallest absolute Gasteiger partial charge is 0.295 e. The van der Waals surface area contributed by atoms with Crippen molar-refractivity contribution in [2.75, 3.05) is 18.0 Å². The highest BCUT2D eigenvalue weighted by Crippen LogP contribution is 2.41. The van der Waals surface area contributed by atoms with Crippen molar-refractivity contribution >= 4 is 28.8 Å². The normalized spacial score (nSPS) is 16.7. The van der Waals surface area contributed by atoms with Crippen LogP contribution >= 0.6 is 0 Å². The van der Waals surface area contributed by atoms with Gasteiger partial charge < -0.3 is 14.9 Å². The molecule has 1 aliphatic rings. The number of hydrogen-bond donors (Lipinski definition) is 1. The Bertz CT molecular complexity index is 1370. The molecule has 0 radical (unpaired) electrons. The molecule has 1 heterocycles. The topological polar surface area (TPSA) is 104 Å². The predicted molar refractivity (Wildman–Crippen MR) is 137 cm³/mol. The summed E-state index contributed by atoms with van der Waals surface area (Å²) >= 11 is 0. The number of nitro groups is 1. The van der Waals surface area contributed by atoms with Crippen LogP contribution in [-0.2, 0) is 16.1 Å². The van der Waals surface area contributed by atoms with E-state index in [0.29, 0.717) is 11.1 Å². The lowest BCUT2D eigenvalue weighted by Gasteiger charge is -2.27. The summed E-state index contributed by atoms with van der Waals surface area (Å²) in [6, 6.07) is 17.3. The summed E-state index contributed by atoms with van der Waals surface area (Å²) < 4.78 is 13.5. The number of benzene rings is 3. The number of aliphatic hydroxyl groups is 1. The zero-order valence-electron chi connectivity index (χ0n) is 20.4. The Kier molecular flexibility index (Phi) is 7.33. The average Bonchev–Trinajstić information content (AvgIpc) is 3.15. The van der Waals surface area contributed by atoms with E-state index in [1.54, 1.807) is 12.1 Å². The van der Waals surface area contributed by atoms with Crippen molar-refractivity contribution in [2.24, 2.45) is 0 Å². The molecule has 8 nitrogen and oxygen atoms in total. The van der Waals surface area contributed by atoms with Crippen molar-refractivity contribution < 1.29 is 24.0 Å². The van der Waals surface area contributed by atoms with E-state index in [0.717, 1.165) is 24.8 Å².